The zero-order valence-electron chi connectivity index (χ0n) is 7.59. The number of nitrogens with one attached hydrogen (secondary N) is 1. The van der Waals surface area contributed by atoms with E-state index in [1.807, 2.05) is 12.1 Å². The highest BCUT2D eigenvalue weighted by Gasteiger charge is 2.14. The van der Waals surface area contributed by atoms with Crippen molar-refractivity contribution in [2.45, 2.75) is 12.8 Å². The second kappa shape index (κ2) is 4.12. The van der Waals surface area contributed by atoms with E-state index in [1.54, 1.807) is 0 Å². The average Bonchev–Trinajstić information content (AvgIpc) is 2.62. The topological polar surface area (TPSA) is 12.0 Å². The zero-order chi connectivity index (χ0) is 9.10. The molecular formula is C11H14ClN. The number of hydrogen-bond acceptors (Lipinski definition) is 1. The standard InChI is InChI=1S/C11H14ClN/c12-11-3-1-9(2-4-11)7-10-5-6-13-8-10/h1-4,10,13H,5-8H2/t10-/m1/s1. The van der Waals surface area contributed by atoms with Crippen molar-refractivity contribution in [3.05, 3.63) is 34.9 Å². The maximum Gasteiger partial charge on any atom is 0.0406 e. The number of benzene rings is 1. The molecule has 0 aromatic heterocycles. The van der Waals surface area contributed by atoms with Crippen LogP contribution in [-0.2, 0) is 6.42 Å². The van der Waals surface area contributed by atoms with Crippen molar-refractivity contribution in [2.75, 3.05) is 13.1 Å². The van der Waals surface area contributed by atoms with E-state index in [0.717, 1.165) is 10.9 Å². The Morgan fingerprint density at radius 3 is 2.69 bits per heavy atom. The molecule has 2 rings (SSSR count). The van der Waals surface area contributed by atoms with Crippen LogP contribution in [0.2, 0.25) is 5.02 Å². The van der Waals surface area contributed by atoms with E-state index >= 15 is 0 Å². The van der Waals surface area contributed by atoms with Gasteiger partial charge in [0.15, 0.2) is 0 Å². The first-order chi connectivity index (χ1) is 6.34. The van der Waals surface area contributed by atoms with E-state index < -0.39 is 0 Å². The van der Waals surface area contributed by atoms with Crippen LogP contribution >= 0.6 is 11.6 Å². The molecule has 0 radical (unpaired) electrons. The predicted molar refractivity (Wildman–Crippen MR) is 56.1 cm³/mol. The van der Waals surface area contributed by atoms with Crippen LogP contribution in [0.5, 0.6) is 0 Å². The van der Waals surface area contributed by atoms with Gasteiger partial charge >= 0.3 is 0 Å². The molecule has 13 heavy (non-hydrogen) atoms. The Hall–Kier alpha value is -0.530. The van der Waals surface area contributed by atoms with E-state index in [2.05, 4.69) is 17.4 Å². The molecule has 1 nitrogen and oxygen atoms in total. The van der Waals surface area contributed by atoms with Crippen LogP contribution < -0.4 is 5.32 Å². The first-order valence-corrected chi connectivity index (χ1v) is 5.17. The van der Waals surface area contributed by atoms with Gasteiger partial charge in [0.2, 0.25) is 0 Å². The SMILES string of the molecule is Clc1ccc(C[C@H]2CCNC2)cc1. The molecule has 1 heterocycles. The fraction of sp³-hybridized carbons (Fsp3) is 0.455. The number of hydrogen-bond donors (Lipinski definition) is 1. The Labute approximate surface area is 84.1 Å². The fourth-order valence-electron chi connectivity index (χ4n) is 1.84. The van der Waals surface area contributed by atoms with Crippen molar-refractivity contribution < 1.29 is 0 Å². The lowest BCUT2D eigenvalue weighted by Crippen LogP contribution is -2.10. The minimum absolute atomic E-state index is 0.821. The molecule has 1 aliphatic heterocycles. The van der Waals surface area contributed by atoms with Crippen molar-refractivity contribution >= 4 is 11.6 Å². The van der Waals surface area contributed by atoms with Crippen molar-refractivity contribution in [3.63, 3.8) is 0 Å². The number of halogens is 1. The van der Waals surface area contributed by atoms with Crippen LogP contribution in [0, 0.1) is 5.92 Å². The van der Waals surface area contributed by atoms with Crippen LogP contribution in [0.25, 0.3) is 0 Å². The summed E-state index contributed by atoms with van der Waals surface area (Å²) in [6, 6.07) is 8.19. The van der Waals surface area contributed by atoms with Crippen LogP contribution in [0.1, 0.15) is 12.0 Å². The lowest BCUT2D eigenvalue weighted by atomic mass is 9.99. The third kappa shape index (κ3) is 2.45. The van der Waals surface area contributed by atoms with Gasteiger partial charge in [-0.15, -0.1) is 0 Å². The Morgan fingerprint density at radius 1 is 1.31 bits per heavy atom. The fourth-order valence-corrected chi connectivity index (χ4v) is 1.97. The minimum Gasteiger partial charge on any atom is -0.316 e. The van der Waals surface area contributed by atoms with E-state index in [-0.39, 0.29) is 0 Å². The van der Waals surface area contributed by atoms with Crippen molar-refractivity contribution in [2.24, 2.45) is 5.92 Å². The zero-order valence-corrected chi connectivity index (χ0v) is 8.35. The molecule has 1 aromatic rings. The smallest absolute Gasteiger partial charge is 0.0406 e. The van der Waals surface area contributed by atoms with Gasteiger partial charge in [-0.3, -0.25) is 0 Å². The summed E-state index contributed by atoms with van der Waals surface area (Å²) in [5.74, 6) is 0.821. The third-order valence-corrected chi connectivity index (χ3v) is 2.85. The van der Waals surface area contributed by atoms with Gasteiger partial charge in [-0.1, -0.05) is 23.7 Å². The highest BCUT2D eigenvalue weighted by atomic mass is 35.5. The second-order valence-corrected chi connectivity index (χ2v) is 4.13. The molecule has 1 fully saturated rings. The van der Waals surface area contributed by atoms with Crippen molar-refractivity contribution in [3.8, 4) is 0 Å². The largest absolute Gasteiger partial charge is 0.316 e. The molecule has 1 saturated heterocycles. The average molecular weight is 196 g/mol. The van der Waals surface area contributed by atoms with Gasteiger partial charge in [0.05, 0.1) is 0 Å². The van der Waals surface area contributed by atoms with E-state index in [4.69, 9.17) is 11.6 Å². The lowest BCUT2D eigenvalue weighted by Gasteiger charge is -2.07. The van der Waals surface area contributed by atoms with E-state index in [0.29, 0.717) is 0 Å². The second-order valence-electron chi connectivity index (χ2n) is 3.69. The van der Waals surface area contributed by atoms with E-state index in [9.17, 15) is 0 Å². The molecule has 0 saturated carbocycles. The molecule has 1 aliphatic rings. The molecule has 1 N–H and O–H groups in total. The van der Waals surface area contributed by atoms with Gasteiger partial charge in [0.1, 0.15) is 0 Å². The van der Waals surface area contributed by atoms with Gasteiger partial charge in [-0.2, -0.15) is 0 Å². The summed E-state index contributed by atoms with van der Waals surface area (Å²) in [7, 11) is 0. The molecule has 2 heteroatoms. The Balaban J connectivity index is 1.97. The predicted octanol–water partition coefficient (Wildman–Crippen LogP) is 2.49. The quantitative estimate of drug-likeness (QED) is 0.765. The number of rotatable bonds is 2. The van der Waals surface area contributed by atoms with Gasteiger partial charge < -0.3 is 5.32 Å². The molecule has 0 aliphatic carbocycles. The molecule has 1 atom stereocenters. The van der Waals surface area contributed by atoms with Gasteiger partial charge in [0.25, 0.3) is 0 Å². The molecule has 0 unspecified atom stereocenters. The summed E-state index contributed by atoms with van der Waals surface area (Å²) < 4.78 is 0. The molecular weight excluding hydrogens is 182 g/mol. The van der Waals surface area contributed by atoms with Crippen LogP contribution in [0.3, 0.4) is 0 Å². The Kier molecular flexibility index (Phi) is 2.87. The molecule has 70 valence electrons. The highest BCUT2D eigenvalue weighted by Crippen LogP contribution is 2.16. The van der Waals surface area contributed by atoms with Gasteiger partial charge in [0, 0.05) is 5.02 Å². The summed E-state index contributed by atoms with van der Waals surface area (Å²) in [4.78, 5) is 0. The first kappa shape index (κ1) is 9.04. The molecule has 0 bridgehead atoms. The van der Waals surface area contributed by atoms with Gasteiger partial charge in [-0.25, -0.2) is 0 Å². The molecule has 0 amide bonds. The highest BCUT2D eigenvalue weighted by molar-refractivity contribution is 6.30. The normalized spacial score (nSPS) is 22.1. The van der Waals surface area contributed by atoms with Gasteiger partial charge in [-0.05, 0) is 49.5 Å². The first-order valence-electron chi connectivity index (χ1n) is 4.80. The maximum absolute atomic E-state index is 5.82. The monoisotopic (exact) mass is 195 g/mol. The van der Waals surface area contributed by atoms with Crippen LogP contribution in [0.15, 0.2) is 24.3 Å². The molecule has 1 aromatic carbocycles. The summed E-state index contributed by atoms with van der Waals surface area (Å²) in [5, 5.41) is 4.21. The summed E-state index contributed by atoms with van der Waals surface area (Å²) in [6.07, 6.45) is 2.49. The maximum atomic E-state index is 5.82. The lowest BCUT2D eigenvalue weighted by molar-refractivity contribution is 0.580. The Morgan fingerprint density at radius 2 is 2.08 bits per heavy atom. The molecule has 0 spiro atoms. The van der Waals surface area contributed by atoms with Crippen LogP contribution in [-0.4, -0.2) is 13.1 Å². The van der Waals surface area contributed by atoms with E-state index in [1.165, 1.54) is 31.5 Å². The summed E-state index contributed by atoms with van der Waals surface area (Å²) >= 11 is 5.82. The Bertz CT molecular complexity index is 262. The van der Waals surface area contributed by atoms with Crippen molar-refractivity contribution in [1.82, 2.24) is 5.32 Å². The minimum atomic E-state index is 0.821. The van der Waals surface area contributed by atoms with Crippen LogP contribution in [0.4, 0.5) is 0 Å². The van der Waals surface area contributed by atoms with Crippen molar-refractivity contribution in [1.29, 1.82) is 0 Å². The third-order valence-electron chi connectivity index (χ3n) is 2.60. The summed E-state index contributed by atoms with van der Waals surface area (Å²) in [6.45, 7) is 2.35. The summed E-state index contributed by atoms with van der Waals surface area (Å²) in [5.41, 5.74) is 1.40.